The first-order chi connectivity index (χ1) is 8.80. The lowest BCUT2D eigenvalue weighted by Gasteiger charge is -2.13. The fourth-order valence-electron chi connectivity index (χ4n) is 1.88. The SMILES string of the molecule is CC1(C(=O)NCc2ccc(F)c(CO)c2)CC1(Cl)Cl. The summed E-state index contributed by atoms with van der Waals surface area (Å²) in [5.41, 5.74) is 0.141. The predicted molar refractivity (Wildman–Crippen MR) is 71.3 cm³/mol. The van der Waals surface area contributed by atoms with E-state index in [-0.39, 0.29) is 24.6 Å². The minimum Gasteiger partial charge on any atom is -0.392 e. The van der Waals surface area contributed by atoms with Crippen molar-refractivity contribution in [3.63, 3.8) is 0 Å². The van der Waals surface area contributed by atoms with Crippen LogP contribution in [0.5, 0.6) is 0 Å². The van der Waals surface area contributed by atoms with Crippen LogP contribution in [0, 0.1) is 11.2 Å². The van der Waals surface area contributed by atoms with E-state index in [9.17, 15) is 9.18 Å². The van der Waals surface area contributed by atoms with Crippen molar-refractivity contribution >= 4 is 29.1 Å². The molecule has 1 atom stereocenters. The fraction of sp³-hybridized carbons (Fsp3) is 0.462. The Balaban J connectivity index is 1.98. The maximum absolute atomic E-state index is 13.2. The van der Waals surface area contributed by atoms with Crippen molar-refractivity contribution in [2.75, 3.05) is 0 Å². The molecule has 2 N–H and O–H groups in total. The molecule has 0 radical (unpaired) electrons. The van der Waals surface area contributed by atoms with E-state index in [2.05, 4.69) is 5.32 Å². The summed E-state index contributed by atoms with van der Waals surface area (Å²) in [6.45, 7) is 1.56. The van der Waals surface area contributed by atoms with Crippen LogP contribution >= 0.6 is 23.2 Å². The standard InChI is InChI=1S/C13H14Cl2FNO2/c1-12(7-13(12,14)15)11(19)17-5-8-2-3-10(16)9(4-8)6-18/h2-4,18H,5-7H2,1H3,(H,17,19). The van der Waals surface area contributed by atoms with Gasteiger partial charge in [0, 0.05) is 12.1 Å². The lowest BCUT2D eigenvalue weighted by atomic mass is 10.1. The summed E-state index contributed by atoms with van der Waals surface area (Å²) in [6.07, 6.45) is 0.417. The van der Waals surface area contributed by atoms with Gasteiger partial charge in [-0.05, 0) is 31.0 Å². The third-order valence-electron chi connectivity index (χ3n) is 3.49. The Hall–Kier alpha value is -0.840. The zero-order valence-corrected chi connectivity index (χ0v) is 11.9. The Morgan fingerprint density at radius 1 is 1.53 bits per heavy atom. The van der Waals surface area contributed by atoms with Crippen molar-refractivity contribution in [3.05, 3.63) is 35.1 Å². The molecule has 1 aliphatic carbocycles. The number of amides is 1. The van der Waals surface area contributed by atoms with Crippen molar-refractivity contribution in [1.82, 2.24) is 5.32 Å². The molecule has 1 aromatic carbocycles. The molecule has 104 valence electrons. The molecule has 2 rings (SSSR count). The van der Waals surface area contributed by atoms with Gasteiger partial charge in [0.1, 0.15) is 10.2 Å². The first-order valence-corrected chi connectivity index (χ1v) is 6.60. The Labute approximate surface area is 120 Å². The number of rotatable bonds is 4. The van der Waals surface area contributed by atoms with Crippen LogP contribution in [0.15, 0.2) is 18.2 Å². The number of hydrogen-bond donors (Lipinski definition) is 2. The van der Waals surface area contributed by atoms with Crippen LogP contribution < -0.4 is 5.32 Å². The number of carbonyl (C=O) groups is 1. The Kier molecular flexibility index (Phi) is 3.78. The van der Waals surface area contributed by atoms with Crippen molar-refractivity contribution < 1.29 is 14.3 Å². The number of aliphatic hydroxyl groups is 1. The summed E-state index contributed by atoms with van der Waals surface area (Å²) in [4.78, 5) is 11.9. The van der Waals surface area contributed by atoms with Crippen molar-refractivity contribution in [2.45, 2.75) is 30.8 Å². The molecule has 1 unspecified atom stereocenters. The van der Waals surface area contributed by atoms with Crippen LogP contribution in [0.1, 0.15) is 24.5 Å². The molecular formula is C13H14Cl2FNO2. The first-order valence-electron chi connectivity index (χ1n) is 5.84. The topological polar surface area (TPSA) is 49.3 Å². The molecule has 19 heavy (non-hydrogen) atoms. The Morgan fingerprint density at radius 3 is 2.68 bits per heavy atom. The van der Waals surface area contributed by atoms with Gasteiger partial charge >= 0.3 is 0 Å². The van der Waals surface area contributed by atoms with Gasteiger partial charge in [-0.15, -0.1) is 23.2 Å². The minimum atomic E-state index is -1.00. The molecule has 6 heteroatoms. The van der Waals surface area contributed by atoms with Gasteiger partial charge in [-0.2, -0.15) is 0 Å². The van der Waals surface area contributed by atoms with Crippen molar-refractivity contribution in [2.24, 2.45) is 5.41 Å². The molecule has 0 saturated heterocycles. The Bertz CT molecular complexity index is 521. The van der Waals surface area contributed by atoms with E-state index in [1.165, 1.54) is 12.1 Å². The second-order valence-corrected chi connectivity index (χ2v) is 6.46. The van der Waals surface area contributed by atoms with E-state index in [4.69, 9.17) is 28.3 Å². The highest BCUT2D eigenvalue weighted by molar-refractivity contribution is 6.53. The average Bonchev–Trinajstić information content (AvgIpc) is 2.88. The van der Waals surface area contributed by atoms with Gasteiger partial charge in [0.05, 0.1) is 12.0 Å². The maximum atomic E-state index is 13.2. The first kappa shape index (κ1) is 14.6. The van der Waals surface area contributed by atoms with Gasteiger partial charge in [0.25, 0.3) is 0 Å². The summed E-state index contributed by atoms with van der Waals surface area (Å²) in [6, 6.07) is 4.33. The molecule has 0 bridgehead atoms. The molecule has 1 amide bonds. The molecule has 0 aromatic heterocycles. The molecule has 0 aliphatic heterocycles. The van der Waals surface area contributed by atoms with Crippen molar-refractivity contribution in [1.29, 1.82) is 0 Å². The summed E-state index contributed by atoms with van der Waals surface area (Å²) in [5, 5.41) is 11.7. The number of carbonyl (C=O) groups excluding carboxylic acids is 1. The minimum absolute atomic E-state index is 0.202. The second kappa shape index (κ2) is 4.93. The molecule has 1 aromatic rings. The van der Waals surface area contributed by atoms with Crippen LogP contribution in [0.3, 0.4) is 0 Å². The predicted octanol–water partition coefficient (Wildman–Crippen LogP) is 2.52. The van der Waals surface area contributed by atoms with E-state index in [1.807, 2.05) is 0 Å². The van der Waals surface area contributed by atoms with Gasteiger partial charge in [0.15, 0.2) is 0 Å². The second-order valence-electron chi connectivity index (χ2n) is 4.98. The summed E-state index contributed by atoms with van der Waals surface area (Å²) in [7, 11) is 0. The van der Waals surface area contributed by atoms with Gasteiger partial charge < -0.3 is 10.4 Å². The van der Waals surface area contributed by atoms with E-state index in [0.29, 0.717) is 12.0 Å². The highest BCUT2D eigenvalue weighted by Crippen LogP contribution is 2.63. The maximum Gasteiger partial charge on any atom is 0.229 e. The van der Waals surface area contributed by atoms with Gasteiger partial charge in [-0.1, -0.05) is 6.07 Å². The monoisotopic (exact) mass is 305 g/mol. The largest absolute Gasteiger partial charge is 0.392 e. The summed E-state index contributed by atoms with van der Waals surface area (Å²) in [5.74, 6) is -0.695. The average molecular weight is 306 g/mol. The van der Waals surface area contributed by atoms with E-state index < -0.39 is 15.6 Å². The normalized spacial score (nSPS) is 24.1. The smallest absolute Gasteiger partial charge is 0.229 e. The van der Waals surface area contributed by atoms with E-state index in [0.717, 1.165) is 0 Å². The Morgan fingerprint density at radius 2 is 2.16 bits per heavy atom. The number of hydrogen-bond acceptors (Lipinski definition) is 2. The van der Waals surface area contributed by atoms with Crippen LogP contribution in [-0.2, 0) is 17.9 Å². The van der Waals surface area contributed by atoms with Gasteiger partial charge in [-0.3, -0.25) is 4.79 Å². The zero-order valence-electron chi connectivity index (χ0n) is 10.3. The van der Waals surface area contributed by atoms with Crippen LogP contribution in [0.2, 0.25) is 0 Å². The third-order valence-corrected chi connectivity index (χ3v) is 4.59. The molecule has 1 fully saturated rings. The number of benzene rings is 1. The van der Waals surface area contributed by atoms with Crippen LogP contribution in [0.25, 0.3) is 0 Å². The highest BCUT2D eigenvalue weighted by atomic mass is 35.5. The van der Waals surface area contributed by atoms with Crippen LogP contribution in [-0.4, -0.2) is 15.3 Å². The lowest BCUT2D eigenvalue weighted by molar-refractivity contribution is -0.125. The number of alkyl halides is 2. The quantitative estimate of drug-likeness (QED) is 0.840. The summed E-state index contributed by atoms with van der Waals surface area (Å²) >= 11 is 11.8. The summed E-state index contributed by atoms with van der Waals surface area (Å²) < 4.78 is 12.2. The van der Waals surface area contributed by atoms with Gasteiger partial charge in [0.2, 0.25) is 5.91 Å². The molecule has 0 spiro atoms. The number of nitrogens with one attached hydrogen (secondary N) is 1. The molecule has 1 saturated carbocycles. The lowest BCUT2D eigenvalue weighted by Crippen LogP contribution is -2.32. The number of halogens is 3. The number of aliphatic hydroxyl groups excluding tert-OH is 1. The van der Waals surface area contributed by atoms with Gasteiger partial charge in [-0.25, -0.2) is 4.39 Å². The molecule has 1 aliphatic rings. The zero-order chi connectivity index (χ0) is 14.3. The molecule has 3 nitrogen and oxygen atoms in total. The molecule has 0 heterocycles. The highest BCUT2D eigenvalue weighted by Gasteiger charge is 2.67. The molecular weight excluding hydrogens is 292 g/mol. The van der Waals surface area contributed by atoms with E-state index in [1.54, 1.807) is 13.0 Å². The van der Waals surface area contributed by atoms with E-state index >= 15 is 0 Å². The van der Waals surface area contributed by atoms with Crippen molar-refractivity contribution in [3.8, 4) is 0 Å². The van der Waals surface area contributed by atoms with Crippen LogP contribution in [0.4, 0.5) is 4.39 Å². The fourth-order valence-corrected chi connectivity index (χ4v) is 2.59. The third kappa shape index (κ3) is 2.71.